The number of carboxylic acid groups (broad SMARTS) is 1. The summed E-state index contributed by atoms with van der Waals surface area (Å²) < 4.78 is 1.89. The van der Waals surface area contributed by atoms with Crippen molar-refractivity contribution in [2.75, 3.05) is 24.5 Å². The summed E-state index contributed by atoms with van der Waals surface area (Å²) in [6, 6.07) is 2.01. The van der Waals surface area contributed by atoms with Crippen LogP contribution in [0.25, 0.3) is 6.08 Å². The largest absolute Gasteiger partial charge is 0.481 e. The first-order valence-electron chi connectivity index (χ1n) is 10.6. The molecule has 32 heavy (non-hydrogen) atoms. The molecule has 10 heteroatoms. The molecule has 8 nitrogen and oxygen atoms in total. The number of aliphatic carboxylic acids is 1. The van der Waals surface area contributed by atoms with Gasteiger partial charge in [-0.3, -0.25) is 23.9 Å². The molecule has 1 aromatic heterocycles. The molecule has 0 unspecified atom stereocenters. The summed E-state index contributed by atoms with van der Waals surface area (Å²) in [6.45, 7) is 3.58. The molecule has 170 valence electrons. The third kappa shape index (κ3) is 4.89. The zero-order chi connectivity index (χ0) is 23.4. The number of rotatable bonds is 6. The molecule has 1 amide bonds. The van der Waals surface area contributed by atoms with Gasteiger partial charge in [0.05, 0.1) is 4.91 Å². The molecular weight excluding hydrogens is 448 g/mol. The number of thioether (sulfide) groups is 1. The van der Waals surface area contributed by atoms with Gasteiger partial charge >= 0.3 is 5.97 Å². The number of nitriles is 1. The van der Waals surface area contributed by atoms with Crippen molar-refractivity contribution in [3.63, 3.8) is 0 Å². The predicted molar refractivity (Wildman–Crippen MR) is 129 cm³/mol. The Balaban J connectivity index is 2.05. The van der Waals surface area contributed by atoms with E-state index in [4.69, 9.17) is 17.3 Å². The Morgan fingerprint density at radius 1 is 1.25 bits per heavy atom. The quantitative estimate of drug-likeness (QED) is 0.495. The summed E-state index contributed by atoms with van der Waals surface area (Å²) in [7, 11) is 1.66. The molecule has 3 rings (SSSR count). The lowest BCUT2D eigenvalue weighted by molar-refractivity contribution is -0.137. The van der Waals surface area contributed by atoms with Crippen LogP contribution in [0.1, 0.15) is 55.2 Å². The Labute approximate surface area is 196 Å². The third-order valence-corrected chi connectivity index (χ3v) is 7.17. The van der Waals surface area contributed by atoms with E-state index in [-0.39, 0.29) is 30.0 Å². The van der Waals surface area contributed by atoms with Crippen LogP contribution in [0.15, 0.2) is 9.70 Å². The van der Waals surface area contributed by atoms with Crippen LogP contribution in [0.2, 0.25) is 0 Å². The minimum absolute atomic E-state index is 0.0410. The fraction of sp³-hybridized carbons (Fsp3) is 0.500. The van der Waals surface area contributed by atoms with Crippen molar-refractivity contribution < 1.29 is 14.7 Å². The summed E-state index contributed by atoms with van der Waals surface area (Å²) >= 11 is 6.52. The monoisotopic (exact) mass is 474 g/mol. The van der Waals surface area contributed by atoms with E-state index in [1.807, 2.05) is 6.07 Å². The predicted octanol–water partition coefficient (Wildman–Crippen LogP) is 3.01. The van der Waals surface area contributed by atoms with Crippen LogP contribution in [0, 0.1) is 18.3 Å². The average molecular weight is 475 g/mol. The van der Waals surface area contributed by atoms with Crippen LogP contribution in [0.5, 0.6) is 0 Å². The number of hydrogen-bond donors (Lipinski definition) is 1. The van der Waals surface area contributed by atoms with E-state index in [1.165, 1.54) is 9.47 Å². The van der Waals surface area contributed by atoms with Crippen LogP contribution in [-0.2, 0) is 16.6 Å². The Bertz CT molecular complexity index is 1080. The number of pyridine rings is 1. The number of carbonyl (C=O) groups excluding carboxylic acids is 1. The maximum absolute atomic E-state index is 13.0. The van der Waals surface area contributed by atoms with Crippen molar-refractivity contribution in [1.29, 1.82) is 5.26 Å². The minimum atomic E-state index is -0.919. The van der Waals surface area contributed by atoms with Crippen LogP contribution in [-0.4, -0.2) is 50.4 Å². The second-order valence-corrected chi connectivity index (χ2v) is 9.62. The molecule has 2 aliphatic rings. The number of carboxylic acids is 1. The lowest BCUT2D eigenvalue weighted by Crippen LogP contribution is -2.34. The Kier molecular flexibility index (Phi) is 7.74. The van der Waals surface area contributed by atoms with E-state index in [0.29, 0.717) is 32.6 Å². The molecule has 0 bridgehead atoms. The van der Waals surface area contributed by atoms with Gasteiger partial charge in [-0.25, -0.2) is 0 Å². The number of hydrogen-bond acceptors (Lipinski definition) is 7. The number of aromatic nitrogens is 1. The van der Waals surface area contributed by atoms with Crippen LogP contribution < -0.4 is 10.5 Å². The van der Waals surface area contributed by atoms with Gasteiger partial charge in [0.15, 0.2) is 0 Å². The van der Waals surface area contributed by atoms with E-state index in [2.05, 4.69) is 4.90 Å². The zero-order valence-electron chi connectivity index (χ0n) is 18.2. The van der Waals surface area contributed by atoms with Crippen molar-refractivity contribution in [3.8, 4) is 6.07 Å². The Morgan fingerprint density at radius 2 is 1.91 bits per heavy atom. The number of anilines is 1. The summed E-state index contributed by atoms with van der Waals surface area (Å²) in [6.07, 6.45) is 6.28. The van der Waals surface area contributed by atoms with Crippen molar-refractivity contribution >= 4 is 52.1 Å². The molecule has 3 heterocycles. The second kappa shape index (κ2) is 10.3. The second-order valence-electron chi connectivity index (χ2n) is 7.95. The number of thiocarbonyl (C=S) groups is 1. The molecule has 1 N–H and O–H groups in total. The summed E-state index contributed by atoms with van der Waals surface area (Å²) in [5, 5.41) is 18.4. The van der Waals surface area contributed by atoms with Crippen molar-refractivity contribution in [2.24, 2.45) is 7.05 Å². The smallest absolute Gasteiger partial charge is 0.303 e. The third-order valence-electron chi connectivity index (χ3n) is 5.79. The van der Waals surface area contributed by atoms with Gasteiger partial charge in [-0.1, -0.05) is 36.8 Å². The molecule has 0 aromatic carbocycles. The topological polar surface area (TPSA) is 107 Å². The Morgan fingerprint density at radius 3 is 2.50 bits per heavy atom. The van der Waals surface area contributed by atoms with Gasteiger partial charge < -0.3 is 10.0 Å². The molecule has 2 saturated heterocycles. The van der Waals surface area contributed by atoms with Crippen molar-refractivity contribution in [1.82, 2.24) is 9.47 Å². The van der Waals surface area contributed by atoms with E-state index in [1.54, 1.807) is 20.0 Å². The maximum atomic E-state index is 13.0. The molecule has 2 fully saturated rings. The van der Waals surface area contributed by atoms with E-state index >= 15 is 0 Å². The normalized spacial score (nSPS) is 18.2. The zero-order valence-corrected chi connectivity index (χ0v) is 19.9. The fourth-order valence-corrected chi connectivity index (χ4v) is 5.38. The SMILES string of the molecule is Cc1c(/C=C2\SC(=S)N(CCCC(=O)O)C2=O)c(N2CCCCCC2)n(C)c(=O)c1C#N. The average Bonchev–Trinajstić information content (AvgIpc) is 2.93. The van der Waals surface area contributed by atoms with Gasteiger partial charge in [-0.05, 0) is 37.8 Å². The molecule has 0 saturated carbocycles. The highest BCUT2D eigenvalue weighted by molar-refractivity contribution is 8.26. The molecule has 0 atom stereocenters. The number of amides is 1. The standard InChI is InChI=1S/C22H26N4O4S2/c1-14-15(12-17-21(30)26(22(31)32-17)11-7-8-18(27)28)19(24(2)20(29)16(14)13-23)25-9-5-3-4-6-10-25/h12H,3-11H2,1-2H3,(H,27,28)/b17-12-. The van der Waals surface area contributed by atoms with Gasteiger partial charge in [0.2, 0.25) is 0 Å². The lowest BCUT2D eigenvalue weighted by atomic mass is 10.0. The molecule has 0 radical (unpaired) electrons. The maximum Gasteiger partial charge on any atom is 0.303 e. The first-order chi connectivity index (χ1) is 15.3. The summed E-state index contributed by atoms with van der Waals surface area (Å²) in [5.41, 5.74) is 0.944. The number of nitrogens with zero attached hydrogens (tertiary/aromatic N) is 4. The van der Waals surface area contributed by atoms with E-state index in [0.717, 1.165) is 50.5 Å². The first-order valence-corrected chi connectivity index (χ1v) is 11.8. The van der Waals surface area contributed by atoms with E-state index < -0.39 is 5.97 Å². The van der Waals surface area contributed by atoms with Gasteiger partial charge in [0.25, 0.3) is 11.5 Å². The fourth-order valence-electron chi connectivity index (χ4n) is 4.09. The highest BCUT2D eigenvalue weighted by Gasteiger charge is 2.33. The van der Waals surface area contributed by atoms with Crippen LogP contribution in [0.3, 0.4) is 0 Å². The highest BCUT2D eigenvalue weighted by Crippen LogP contribution is 2.36. The first kappa shape index (κ1) is 24.0. The van der Waals surface area contributed by atoms with Gasteiger partial charge in [-0.2, -0.15) is 5.26 Å². The van der Waals surface area contributed by atoms with Crippen molar-refractivity contribution in [2.45, 2.75) is 45.4 Å². The summed E-state index contributed by atoms with van der Waals surface area (Å²) in [4.78, 5) is 40.7. The Hall–Kier alpha value is -2.64. The molecule has 2 aliphatic heterocycles. The molecular formula is C22H26N4O4S2. The minimum Gasteiger partial charge on any atom is -0.481 e. The molecule has 0 spiro atoms. The molecule has 1 aromatic rings. The van der Waals surface area contributed by atoms with Crippen LogP contribution in [0.4, 0.5) is 5.82 Å². The van der Waals surface area contributed by atoms with Gasteiger partial charge in [-0.15, -0.1) is 0 Å². The van der Waals surface area contributed by atoms with Gasteiger partial charge in [0, 0.05) is 38.7 Å². The number of carbonyl (C=O) groups is 2. The highest BCUT2D eigenvalue weighted by atomic mass is 32.2. The van der Waals surface area contributed by atoms with Gasteiger partial charge in [0.1, 0.15) is 21.8 Å². The molecule has 0 aliphatic carbocycles. The summed E-state index contributed by atoms with van der Waals surface area (Å²) in [5.74, 6) is -0.485. The van der Waals surface area contributed by atoms with E-state index in [9.17, 15) is 19.6 Å². The van der Waals surface area contributed by atoms with Crippen LogP contribution >= 0.6 is 24.0 Å². The lowest BCUT2D eigenvalue weighted by Gasteiger charge is -2.28. The van der Waals surface area contributed by atoms with Crippen molar-refractivity contribution in [3.05, 3.63) is 31.9 Å².